The molecule has 0 amide bonds. The Morgan fingerprint density at radius 1 is 1.25 bits per heavy atom. The minimum Gasteiger partial charge on any atom is -0.382 e. The molecule has 0 saturated carbocycles. The number of rotatable bonds is 8. The Balaban J connectivity index is 2.51. The smallest absolute Gasteiger partial charge is 0.224 e. The Morgan fingerprint density at radius 3 is 2.69 bits per heavy atom. The highest BCUT2D eigenvalue weighted by atomic mass is 16.5. The van der Waals surface area contributed by atoms with Crippen LogP contribution in [0, 0.1) is 0 Å². The molecular weight excluding hydrogens is 204 g/mol. The first-order valence-electron chi connectivity index (χ1n) is 6.07. The van der Waals surface area contributed by atoms with Gasteiger partial charge in [-0.1, -0.05) is 0 Å². The topological polar surface area (TPSA) is 52.0 Å². The highest BCUT2D eigenvalue weighted by Crippen LogP contribution is 2.09. The summed E-state index contributed by atoms with van der Waals surface area (Å²) in [5, 5.41) is 11.5. The molecule has 0 spiro atoms. The summed E-state index contributed by atoms with van der Waals surface area (Å²) in [6, 6.07) is 0. The second kappa shape index (κ2) is 7.22. The maximum atomic E-state index is 5.31. The summed E-state index contributed by atoms with van der Waals surface area (Å²) < 4.78 is 7.43. The van der Waals surface area contributed by atoms with E-state index in [2.05, 4.69) is 33.9 Å². The van der Waals surface area contributed by atoms with E-state index in [0.29, 0.717) is 0 Å². The number of hydrogen-bond acceptors (Lipinski definition) is 4. The summed E-state index contributed by atoms with van der Waals surface area (Å²) in [5.41, 5.74) is 0. The van der Waals surface area contributed by atoms with E-state index in [-0.39, 0.29) is 0 Å². The quantitative estimate of drug-likeness (QED) is 0.685. The molecular formula is C11H22N4O. The molecule has 92 valence electrons. The average molecular weight is 226 g/mol. The summed E-state index contributed by atoms with van der Waals surface area (Å²) in [6.45, 7) is 9.53. The van der Waals surface area contributed by atoms with Crippen LogP contribution in [0.15, 0.2) is 0 Å². The van der Waals surface area contributed by atoms with E-state index in [1.165, 1.54) is 0 Å². The van der Waals surface area contributed by atoms with Gasteiger partial charge >= 0.3 is 0 Å². The number of hydrogen-bond donors (Lipinski definition) is 1. The standard InChI is InChI=1S/C11H22N4O/c1-4-12-11-14-13-10(15(11)5-2)8-7-9-16-6-3/h4-9H2,1-3H3,(H,12,14). The van der Waals surface area contributed by atoms with Crippen LogP contribution in [0.5, 0.6) is 0 Å². The molecule has 0 aliphatic carbocycles. The number of nitrogens with zero attached hydrogens (tertiary/aromatic N) is 3. The van der Waals surface area contributed by atoms with Gasteiger partial charge in [-0.2, -0.15) is 0 Å². The number of anilines is 1. The van der Waals surface area contributed by atoms with Crippen LogP contribution in [-0.4, -0.2) is 34.5 Å². The first kappa shape index (κ1) is 13.0. The Bertz CT molecular complexity index is 298. The van der Waals surface area contributed by atoms with Crippen molar-refractivity contribution in [1.82, 2.24) is 14.8 Å². The van der Waals surface area contributed by atoms with Gasteiger partial charge in [0, 0.05) is 32.7 Å². The van der Waals surface area contributed by atoms with Gasteiger partial charge < -0.3 is 10.1 Å². The van der Waals surface area contributed by atoms with Gasteiger partial charge in [-0.05, 0) is 27.2 Å². The van der Waals surface area contributed by atoms with Crippen LogP contribution in [0.4, 0.5) is 5.95 Å². The molecule has 0 radical (unpaired) electrons. The van der Waals surface area contributed by atoms with Gasteiger partial charge in [0.05, 0.1) is 0 Å². The molecule has 0 bridgehead atoms. The lowest BCUT2D eigenvalue weighted by atomic mass is 10.3. The summed E-state index contributed by atoms with van der Waals surface area (Å²) in [6.07, 6.45) is 1.92. The average Bonchev–Trinajstić information content (AvgIpc) is 2.67. The monoisotopic (exact) mass is 226 g/mol. The predicted molar refractivity (Wildman–Crippen MR) is 64.7 cm³/mol. The molecule has 5 nitrogen and oxygen atoms in total. The molecule has 0 aliphatic rings. The molecule has 1 aromatic rings. The molecule has 1 N–H and O–H groups in total. The van der Waals surface area contributed by atoms with Crippen LogP contribution >= 0.6 is 0 Å². The lowest BCUT2D eigenvalue weighted by Gasteiger charge is -2.07. The van der Waals surface area contributed by atoms with Gasteiger partial charge in [-0.15, -0.1) is 10.2 Å². The lowest BCUT2D eigenvalue weighted by molar-refractivity contribution is 0.144. The molecule has 0 unspecified atom stereocenters. The fourth-order valence-corrected chi connectivity index (χ4v) is 1.62. The maximum absolute atomic E-state index is 5.31. The lowest BCUT2D eigenvalue weighted by Crippen LogP contribution is -2.09. The van der Waals surface area contributed by atoms with E-state index in [1.54, 1.807) is 0 Å². The van der Waals surface area contributed by atoms with Gasteiger partial charge in [0.25, 0.3) is 0 Å². The van der Waals surface area contributed by atoms with Crippen molar-refractivity contribution < 1.29 is 4.74 Å². The van der Waals surface area contributed by atoms with Crippen molar-refractivity contribution in [3.63, 3.8) is 0 Å². The Morgan fingerprint density at radius 2 is 2.06 bits per heavy atom. The maximum Gasteiger partial charge on any atom is 0.224 e. The number of aromatic nitrogens is 3. The van der Waals surface area contributed by atoms with Crippen LogP contribution in [0.2, 0.25) is 0 Å². The molecule has 5 heteroatoms. The van der Waals surface area contributed by atoms with E-state index in [9.17, 15) is 0 Å². The third-order valence-electron chi connectivity index (χ3n) is 2.37. The van der Waals surface area contributed by atoms with Gasteiger partial charge in [0.1, 0.15) is 5.82 Å². The van der Waals surface area contributed by atoms with Gasteiger partial charge in [-0.25, -0.2) is 0 Å². The van der Waals surface area contributed by atoms with Crippen molar-refractivity contribution in [3.05, 3.63) is 5.82 Å². The fraction of sp³-hybridized carbons (Fsp3) is 0.818. The second-order valence-electron chi connectivity index (χ2n) is 3.51. The molecule has 0 fully saturated rings. The highest BCUT2D eigenvalue weighted by Gasteiger charge is 2.08. The SMILES string of the molecule is CCNc1nnc(CCCOCC)n1CC. The summed E-state index contributed by atoms with van der Waals surface area (Å²) >= 11 is 0. The Labute approximate surface area is 97.2 Å². The Kier molecular flexibility index (Phi) is 5.85. The molecule has 1 heterocycles. The third kappa shape index (κ3) is 3.48. The van der Waals surface area contributed by atoms with E-state index in [0.717, 1.165) is 50.9 Å². The van der Waals surface area contributed by atoms with Gasteiger partial charge in [0.2, 0.25) is 5.95 Å². The van der Waals surface area contributed by atoms with Crippen LogP contribution in [-0.2, 0) is 17.7 Å². The van der Waals surface area contributed by atoms with Crippen molar-refractivity contribution in [1.29, 1.82) is 0 Å². The van der Waals surface area contributed by atoms with Gasteiger partial charge in [-0.3, -0.25) is 4.57 Å². The van der Waals surface area contributed by atoms with Crippen LogP contribution in [0.25, 0.3) is 0 Å². The zero-order valence-electron chi connectivity index (χ0n) is 10.5. The van der Waals surface area contributed by atoms with E-state index in [1.807, 2.05) is 6.92 Å². The molecule has 0 aliphatic heterocycles. The minimum atomic E-state index is 0.781. The first-order chi connectivity index (χ1) is 7.83. The largest absolute Gasteiger partial charge is 0.382 e. The molecule has 0 aromatic carbocycles. The first-order valence-corrected chi connectivity index (χ1v) is 6.07. The van der Waals surface area contributed by atoms with Crippen molar-refractivity contribution in [3.8, 4) is 0 Å². The van der Waals surface area contributed by atoms with Crippen molar-refractivity contribution in [2.24, 2.45) is 0 Å². The predicted octanol–water partition coefficient (Wildman–Crippen LogP) is 1.70. The van der Waals surface area contributed by atoms with E-state index >= 15 is 0 Å². The highest BCUT2D eigenvalue weighted by molar-refractivity contribution is 5.25. The van der Waals surface area contributed by atoms with Gasteiger partial charge in [0.15, 0.2) is 0 Å². The molecule has 16 heavy (non-hydrogen) atoms. The molecule has 1 aromatic heterocycles. The van der Waals surface area contributed by atoms with Crippen LogP contribution in [0.3, 0.4) is 0 Å². The molecule has 1 rings (SSSR count). The zero-order chi connectivity index (χ0) is 11.8. The summed E-state index contributed by atoms with van der Waals surface area (Å²) in [5.74, 6) is 1.91. The van der Waals surface area contributed by atoms with Crippen molar-refractivity contribution >= 4 is 5.95 Å². The fourth-order valence-electron chi connectivity index (χ4n) is 1.62. The normalized spacial score (nSPS) is 10.7. The molecule has 0 atom stereocenters. The minimum absolute atomic E-state index is 0.781. The van der Waals surface area contributed by atoms with Crippen molar-refractivity contribution in [2.75, 3.05) is 25.1 Å². The number of ether oxygens (including phenoxy) is 1. The molecule has 0 saturated heterocycles. The zero-order valence-corrected chi connectivity index (χ0v) is 10.5. The number of nitrogens with one attached hydrogen (secondary N) is 1. The Hall–Kier alpha value is -1.10. The second-order valence-corrected chi connectivity index (χ2v) is 3.51. The van der Waals surface area contributed by atoms with Crippen molar-refractivity contribution in [2.45, 2.75) is 40.2 Å². The number of aryl methyl sites for hydroxylation is 1. The summed E-state index contributed by atoms with van der Waals surface area (Å²) in [7, 11) is 0. The van der Waals surface area contributed by atoms with E-state index in [4.69, 9.17) is 4.74 Å². The third-order valence-corrected chi connectivity index (χ3v) is 2.37. The van der Waals surface area contributed by atoms with Crippen LogP contribution < -0.4 is 5.32 Å². The van der Waals surface area contributed by atoms with Crippen LogP contribution in [0.1, 0.15) is 33.0 Å². The summed E-state index contributed by atoms with van der Waals surface area (Å²) in [4.78, 5) is 0. The van der Waals surface area contributed by atoms with E-state index < -0.39 is 0 Å².